The average molecular weight is 332 g/mol. The quantitative estimate of drug-likeness (QED) is 0.852. The third-order valence-corrected chi connectivity index (χ3v) is 3.97. The molecular formula is C15H19Cl2NO3. The molecule has 2 rings (SSSR count). The highest BCUT2D eigenvalue weighted by atomic mass is 35.5. The van der Waals surface area contributed by atoms with Crippen LogP contribution in [0.15, 0.2) is 18.2 Å². The van der Waals surface area contributed by atoms with Crippen LogP contribution in [0.25, 0.3) is 0 Å². The van der Waals surface area contributed by atoms with Crippen LogP contribution >= 0.6 is 23.2 Å². The first-order valence-electron chi connectivity index (χ1n) is 6.79. The van der Waals surface area contributed by atoms with Gasteiger partial charge in [0, 0.05) is 11.6 Å². The molecule has 1 aromatic carbocycles. The lowest BCUT2D eigenvalue weighted by molar-refractivity contribution is -0.154. The first kappa shape index (κ1) is 16.4. The van der Waals surface area contributed by atoms with Crippen LogP contribution in [0.2, 0.25) is 10.0 Å². The van der Waals surface area contributed by atoms with E-state index in [0.717, 1.165) is 0 Å². The second-order valence-corrected chi connectivity index (χ2v) is 6.65. The highest BCUT2D eigenvalue weighted by molar-refractivity contribution is 6.35. The smallest absolute Gasteiger partial charge is 0.261 e. The third kappa shape index (κ3) is 4.02. The number of carbonyl (C=O) groups is 1. The molecule has 0 radical (unpaired) electrons. The van der Waals surface area contributed by atoms with Crippen molar-refractivity contribution in [2.24, 2.45) is 0 Å². The summed E-state index contributed by atoms with van der Waals surface area (Å²) in [6, 6.07) is 4.92. The summed E-state index contributed by atoms with van der Waals surface area (Å²) >= 11 is 11.8. The van der Waals surface area contributed by atoms with Crippen molar-refractivity contribution in [3.8, 4) is 5.75 Å². The molecule has 1 aliphatic heterocycles. The minimum absolute atomic E-state index is 0.0288. The Morgan fingerprint density at radius 2 is 2.19 bits per heavy atom. The van der Waals surface area contributed by atoms with Gasteiger partial charge in [0.2, 0.25) is 0 Å². The van der Waals surface area contributed by atoms with Gasteiger partial charge in [0.15, 0.2) is 6.61 Å². The van der Waals surface area contributed by atoms with Crippen molar-refractivity contribution in [1.82, 2.24) is 4.90 Å². The van der Waals surface area contributed by atoms with Gasteiger partial charge in [-0.05, 0) is 39.0 Å². The molecule has 1 amide bonds. The molecule has 0 aliphatic carbocycles. The average Bonchev–Trinajstić information content (AvgIpc) is 2.40. The van der Waals surface area contributed by atoms with Crippen LogP contribution in [0.3, 0.4) is 0 Å². The van der Waals surface area contributed by atoms with Crippen LogP contribution in [-0.2, 0) is 9.53 Å². The van der Waals surface area contributed by atoms with Crippen molar-refractivity contribution in [1.29, 1.82) is 0 Å². The highest BCUT2D eigenvalue weighted by Gasteiger charge is 2.36. The van der Waals surface area contributed by atoms with Crippen molar-refractivity contribution in [3.63, 3.8) is 0 Å². The number of hydrogen-bond donors (Lipinski definition) is 0. The Balaban J connectivity index is 2.00. The predicted molar refractivity (Wildman–Crippen MR) is 83.2 cm³/mol. The fraction of sp³-hybridized carbons (Fsp3) is 0.533. The number of halogens is 2. The molecule has 1 heterocycles. The summed E-state index contributed by atoms with van der Waals surface area (Å²) in [6.07, 6.45) is 0.0288. The molecule has 0 bridgehead atoms. The van der Waals surface area contributed by atoms with Gasteiger partial charge in [-0.25, -0.2) is 0 Å². The Labute approximate surface area is 134 Å². The van der Waals surface area contributed by atoms with Gasteiger partial charge in [-0.2, -0.15) is 0 Å². The summed E-state index contributed by atoms with van der Waals surface area (Å²) in [5, 5.41) is 0.923. The lowest BCUT2D eigenvalue weighted by Crippen LogP contribution is -2.58. The topological polar surface area (TPSA) is 38.8 Å². The lowest BCUT2D eigenvalue weighted by atomic mass is 10.0. The largest absolute Gasteiger partial charge is 0.482 e. The standard InChI is InChI=1S/C15H19Cl2NO3/c1-10-7-18(15(2,3)9-21-10)14(19)8-20-13-5-4-11(16)6-12(13)17/h4-6,10H,7-9H2,1-3H3. The van der Waals surface area contributed by atoms with E-state index in [0.29, 0.717) is 28.9 Å². The van der Waals surface area contributed by atoms with E-state index >= 15 is 0 Å². The highest BCUT2D eigenvalue weighted by Crippen LogP contribution is 2.28. The monoisotopic (exact) mass is 331 g/mol. The van der Waals surface area contributed by atoms with E-state index in [1.54, 1.807) is 23.1 Å². The van der Waals surface area contributed by atoms with Crippen molar-refractivity contribution in [3.05, 3.63) is 28.2 Å². The van der Waals surface area contributed by atoms with Crippen LogP contribution in [0.4, 0.5) is 0 Å². The minimum Gasteiger partial charge on any atom is -0.482 e. The molecule has 0 aromatic heterocycles. The van der Waals surface area contributed by atoms with E-state index in [9.17, 15) is 4.79 Å². The molecule has 6 heteroatoms. The van der Waals surface area contributed by atoms with Gasteiger partial charge >= 0.3 is 0 Å². The number of rotatable bonds is 3. The lowest BCUT2D eigenvalue weighted by Gasteiger charge is -2.44. The van der Waals surface area contributed by atoms with Crippen molar-refractivity contribution in [2.45, 2.75) is 32.4 Å². The number of benzene rings is 1. The van der Waals surface area contributed by atoms with Crippen LogP contribution in [0.1, 0.15) is 20.8 Å². The molecule has 1 atom stereocenters. The molecule has 1 saturated heterocycles. The Morgan fingerprint density at radius 3 is 2.86 bits per heavy atom. The summed E-state index contributed by atoms with van der Waals surface area (Å²) in [7, 11) is 0. The predicted octanol–water partition coefficient (Wildman–Crippen LogP) is 3.40. The number of nitrogens with zero attached hydrogens (tertiary/aromatic N) is 1. The Hall–Kier alpha value is -0.970. The maximum absolute atomic E-state index is 12.4. The fourth-order valence-electron chi connectivity index (χ4n) is 2.23. The van der Waals surface area contributed by atoms with Gasteiger partial charge in [-0.1, -0.05) is 23.2 Å². The zero-order valence-electron chi connectivity index (χ0n) is 12.4. The summed E-state index contributed by atoms with van der Waals surface area (Å²) in [5.41, 5.74) is -0.337. The first-order valence-corrected chi connectivity index (χ1v) is 7.55. The zero-order chi connectivity index (χ0) is 15.6. The maximum Gasteiger partial charge on any atom is 0.261 e. The number of carbonyl (C=O) groups excluding carboxylic acids is 1. The van der Waals surface area contributed by atoms with E-state index in [4.69, 9.17) is 32.7 Å². The van der Waals surface area contributed by atoms with Gasteiger partial charge in [-0.3, -0.25) is 4.79 Å². The van der Waals surface area contributed by atoms with Gasteiger partial charge in [0.1, 0.15) is 5.75 Å². The van der Waals surface area contributed by atoms with Crippen molar-refractivity contribution in [2.75, 3.05) is 19.8 Å². The summed E-state index contributed by atoms with van der Waals surface area (Å²) < 4.78 is 11.1. The first-order chi connectivity index (χ1) is 9.79. The second kappa shape index (κ2) is 6.42. The maximum atomic E-state index is 12.4. The number of hydrogen-bond acceptors (Lipinski definition) is 3. The molecule has 1 unspecified atom stereocenters. The Morgan fingerprint density at radius 1 is 1.48 bits per heavy atom. The molecule has 116 valence electrons. The molecule has 4 nitrogen and oxygen atoms in total. The Bertz CT molecular complexity index is 534. The van der Waals surface area contributed by atoms with E-state index < -0.39 is 0 Å². The zero-order valence-corrected chi connectivity index (χ0v) is 13.9. The van der Waals surface area contributed by atoms with E-state index in [1.165, 1.54) is 0 Å². The minimum atomic E-state index is -0.337. The van der Waals surface area contributed by atoms with Gasteiger partial charge in [0.05, 0.1) is 23.3 Å². The van der Waals surface area contributed by atoms with Crippen molar-refractivity contribution >= 4 is 29.1 Å². The molecular weight excluding hydrogens is 313 g/mol. The summed E-state index contributed by atoms with van der Waals surface area (Å²) in [4.78, 5) is 14.2. The van der Waals surface area contributed by atoms with Crippen molar-refractivity contribution < 1.29 is 14.3 Å². The summed E-state index contributed by atoms with van der Waals surface area (Å²) in [6.45, 7) is 6.92. The fourth-order valence-corrected chi connectivity index (χ4v) is 2.69. The number of morpholine rings is 1. The van der Waals surface area contributed by atoms with E-state index in [2.05, 4.69) is 0 Å². The SMILES string of the molecule is CC1CN(C(=O)COc2ccc(Cl)cc2Cl)C(C)(C)CO1. The van der Waals surface area contributed by atoms with Crippen LogP contribution in [0, 0.1) is 0 Å². The molecule has 0 spiro atoms. The number of ether oxygens (including phenoxy) is 2. The van der Waals surface area contributed by atoms with Gasteiger partial charge in [-0.15, -0.1) is 0 Å². The van der Waals surface area contributed by atoms with Gasteiger partial charge in [0.25, 0.3) is 5.91 Å². The van der Waals surface area contributed by atoms with Crippen LogP contribution in [-0.4, -0.2) is 42.2 Å². The van der Waals surface area contributed by atoms with Gasteiger partial charge < -0.3 is 14.4 Å². The molecule has 0 N–H and O–H groups in total. The molecule has 0 saturated carbocycles. The Kier molecular flexibility index (Phi) is 5.02. The third-order valence-electron chi connectivity index (χ3n) is 3.44. The number of amides is 1. The van der Waals surface area contributed by atoms with E-state index in [-0.39, 0.29) is 24.2 Å². The normalized spacial score (nSPS) is 21.2. The summed E-state index contributed by atoms with van der Waals surface area (Å²) in [5.74, 6) is 0.370. The molecule has 21 heavy (non-hydrogen) atoms. The molecule has 1 aromatic rings. The van der Waals surface area contributed by atoms with Crippen LogP contribution < -0.4 is 4.74 Å². The van der Waals surface area contributed by atoms with E-state index in [1.807, 2.05) is 20.8 Å². The molecule has 1 fully saturated rings. The molecule has 1 aliphatic rings. The second-order valence-electron chi connectivity index (χ2n) is 5.80. The van der Waals surface area contributed by atoms with Crippen LogP contribution in [0.5, 0.6) is 5.75 Å².